The Balaban J connectivity index is 2.09. The van der Waals surface area contributed by atoms with Gasteiger partial charge in [-0.15, -0.1) is 22.7 Å². The predicted molar refractivity (Wildman–Crippen MR) is 73.6 cm³/mol. The van der Waals surface area contributed by atoms with Crippen molar-refractivity contribution in [3.8, 4) is 6.07 Å². The summed E-state index contributed by atoms with van der Waals surface area (Å²) in [4.78, 5) is 8.66. The number of rotatable bonds is 2. The molecule has 3 aromatic rings. The number of aromatic nitrogens is 2. The van der Waals surface area contributed by atoms with Crippen molar-refractivity contribution < 1.29 is 0 Å². The lowest BCUT2D eigenvalue weighted by molar-refractivity contribution is 0.973. The van der Waals surface area contributed by atoms with Gasteiger partial charge in [-0.05, 0) is 12.1 Å². The third kappa shape index (κ3) is 1.83. The molecule has 18 heavy (non-hydrogen) atoms. The molecule has 0 saturated carbocycles. The molecule has 0 saturated heterocycles. The molecule has 2 N–H and O–H groups in total. The molecule has 0 spiro atoms. The molecule has 3 rings (SSSR count). The summed E-state index contributed by atoms with van der Waals surface area (Å²) in [6, 6.07) is 10.1. The fourth-order valence-corrected chi connectivity index (χ4v) is 3.31. The summed E-state index contributed by atoms with van der Waals surface area (Å²) in [5.41, 5.74) is 7.20. The first-order chi connectivity index (χ1) is 8.78. The smallest absolute Gasteiger partial charge is 0.180 e. The lowest BCUT2D eigenvalue weighted by Crippen LogP contribution is -1.98. The third-order valence-electron chi connectivity index (χ3n) is 2.52. The first kappa shape index (κ1) is 11.1. The first-order valence-electron chi connectivity index (χ1n) is 5.24. The standard InChI is InChI=1S/C12H8N4S2/c13-5-7(9-6-17-12(14)16-9)11-15-8-3-1-2-4-10(8)18-11/h1-4,6-7H,(H2,14,16)/t7-/m1/s1. The van der Waals surface area contributed by atoms with Crippen LogP contribution in [0.1, 0.15) is 16.6 Å². The minimum atomic E-state index is -0.434. The monoisotopic (exact) mass is 272 g/mol. The highest BCUT2D eigenvalue weighted by Crippen LogP contribution is 2.32. The molecular weight excluding hydrogens is 264 g/mol. The minimum absolute atomic E-state index is 0.434. The van der Waals surface area contributed by atoms with E-state index >= 15 is 0 Å². The maximum absolute atomic E-state index is 9.31. The summed E-state index contributed by atoms with van der Waals surface area (Å²) in [7, 11) is 0. The minimum Gasteiger partial charge on any atom is -0.375 e. The zero-order valence-corrected chi connectivity index (χ0v) is 10.8. The van der Waals surface area contributed by atoms with Crippen LogP contribution in [0.5, 0.6) is 0 Å². The number of fused-ring (bicyclic) bond motifs is 1. The summed E-state index contributed by atoms with van der Waals surface area (Å²) in [6.45, 7) is 0. The van der Waals surface area contributed by atoms with E-state index in [0.717, 1.165) is 15.2 Å². The van der Waals surface area contributed by atoms with Gasteiger partial charge in [-0.25, -0.2) is 9.97 Å². The van der Waals surface area contributed by atoms with Crippen molar-refractivity contribution in [1.82, 2.24) is 9.97 Å². The highest BCUT2D eigenvalue weighted by Gasteiger charge is 2.20. The number of nitrogens with two attached hydrogens (primary N) is 1. The molecule has 0 unspecified atom stereocenters. The number of nitrogen functional groups attached to an aromatic ring is 1. The summed E-state index contributed by atoms with van der Waals surface area (Å²) < 4.78 is 1.08. The molecule has 0 aliphatic heterocycles. The van der Waals surface area contributed by atoms with Crippen molar-refractivity contribution in [3.63, 3.8) is 0 Å². The van der Waals surface area contributed by atoms with Crippen LogP contribution >= 0.6 is 22.7 Å². The van der Waals surface area contributed by atoms with Crippen LogP contribution in [0, 0.1) is 11.3 Å². The summed E-state index contributed by atoms with van der Waals surface area (Å²) in [6.07, 6.45) is 0. The molecule has 0 fully saturated rings. The molecule has 2 heterocycles. The van der Waals surface area contributed by atoms with Crippen molar-refractivity contribution in [1.29, 1.82) is 5.26 Å². The van der Waals surface area contributed by atoms with E-state index in [4.69, 9.17) is 5.73 Å². The molecule has 0 aliphatic rings. The zero-order chi connectivity index (χ0) is 12.5. The van der Waals surface area contributed by atoms with Gasteiger partial charge in [-0.2, -0.15) is 5.26 Å². The fraction of sp³-hybridized carbons (Fsp3) is 0.0833. The van der Waals surface area contributed by atoms with E-state index in [1.807, 2.05) is 29.6 Å². The maximum atomic E-state index is 9.31. The van der Waals surface area contributed by atoms with E-state index in [2.05, 4.69) is 16.0 Å². The lowest BCUT2D eigenvalue weighted by atomic mass is 10.1. The van der Waals surface area contributed by atoms with Crippen LogP contribution in [0.15, 0.2) is 29.6 Å². The fourth-order valence-electron chi connectivity index (χ4n) is 1.69. The summed E-state index contributed by atoms with van der Waals surface area (Å²) in [5.74, 6) is -0.434. The molecule has 0 bridgehead atoms. The van der Waals surface area contributed by atoms with Crippen molar-refractivity contribution >= 4 is 38.0 Å². The molecule has 2 aromatic heterocycles. The number of benzene rings is 1. The third-order valence-corrected chi connectivity index (χ3v) is 4.32. The number of anilines is 1. The van der Waals surface area contributed by atoms with Crippen LogP contribution in [0.25, 0.3) is 10.2 Å². The molecule has 1 aromatic carbocycles. The number of nitriles is 1. The normalized spacial score (nSPS) is 12.4. The molecule has 4 nitrogen and oxygen atoms in total. The maximum Gasteiger partial charge on any atom is 0.180 e. The first-order valence-corrected chi connectivity index (χ1v) is 6.93. The Morgan fingerprint density at radius 1 is 1.28 bits per heavy atom. The van der Waals surface area contributed by atoms with Gasteiger partial charge in [0, 0.05) is 5.38 Å². The Kier molecular flexibility index (Phi) is 2.70. The Hall–Kier alpha value is -1.97. The Labute approximate surface area is 111 Å². The van der Waals surface area contributed by atoms with E-state index < -0.39 is 5.92 Å². The second-order valence-electron chi connectivity index (χ2n) is 3.69. The van der Waals surface area contributed by atoms with Crippen LogP contribution in [-0.2, 0) is 0 Å². The molecule has 1 atom stereocenters. The summed E-state index contributed by atoms with van der Waals surface area (Å²) in [5, 5.41) is 12.4. The van der Waals surface area contributed by atoms with E-state index in [9.17, 15) is 5.26 Å². The van der Waals surface area contributed by atoms with E-state index in [1.165, 1.54) is 22.7 Å². The SMILES string of the molecule is N#C[C@H](c1csc(N)n1)c1nc2ccccc2s1. The highest BCUT2D eigenvalue weighted by molar-refractivity contribution is 7.18. The second-order valence-corrected chi connectivity index (χ2v) is 5.64. The van der Waals surface area contributed by atoms with E-state index in [1.54, 1.807) is 0 Å². The lowest BCUT2D eigenvalue weighted by Gasteiger charge is -1.99. The Morgan fingerprint density at radius 2 is 2.11 bits per heavy atom. The number of thiazole rings is 2. The van der Waals surface area contributed by atoms with Crippen molar-refractivity contribution in [2.75, 3.05) is 5.73 Å². The van der Waals surface area contributed by atoms with Gasteiger partial charge in [0.25, 0.3) is 0 Å². The van der Waals surface area contributed by atoms with Gasteiger partial charge >= 0.3 is 0 Å². The predicted octanol–water partition coefficient (Wildman–Crippen LogP) is 2.99. The average Bonchev–Trinajstić information content (AvgIpc) is 2.96. The topological polar surface area (TPSA) is 75.6 Å². The van der Waals surface area contributed by atoms with E-state index in [-0.39, 0.29) is 0 Å². The summed E-state index contributed by atoms with van der Waals surface area (Å²) >= 11 is 2.87. The number of nitrogens with zero attached hydrogens (tertiary/aromatic N) is 3. The highest BCUT2D eigenvalue weighted by atomic mass is 32.1. The van der Waals surface area contributed by atoms with Gasteiger partial charge in [0.2, 0.25) is 0 Å². The van der Waals surface area contributed by atoms with Crippen LogP contribution in [0.3, 0.4) is 0 Å². The molecule has 0 amide bonds. The van der Waals surface area contributed by atoms with Gasteiger partial charge in [-0.3, -0.25) is 0 Å². The molecule has 88 valence electrons. The van der Waals surface area contributed by atoms with Crippen LogP contribution in [0.2, 0.25) is 0 Å². The van der Waals surface area contributed by atoms with Crippen LogP contribution in [0.4, 0.5) is 5.13 Å². The van der Waals surface area contributed by atoms with E-state index in [0.29, 0.717) is 10.8 Å². The Morgan fingerprint density at radius 3 is 2.78 bits per heavy atom. The largest absolute Gasteiger partial charge is 0.375 e. The average molecular weight is 272 g/mol. The van der Waals surface area contributed by atoms with Crippen molar-refractivity contribution in [2.24, 2.45) is 0 Å². The van der Waals surface area contributed by atoms with Gasteiger partial charge < -0.3 is 5.73 Å². The number of para-hydroxylation sites is 1. The quantitative estimate of drug-likeness (QED) is 0.778. The molecular formula is C12H8N4S2. The van der Waals surface area contributed by atoms with Gasteiger partial charge in [0.15, 0.2) is 5.13 Å². The number of hydrogen-bond donors (Lipinski definition) is 1. The van der Waals surface area contributed by atoms with Crippen LogP contribution in [-0.4, -0.2) is 9.97 Å². The molecule has 0 aliphatic carbocycles. The van der Waals surface area contributed by atoms with Crippen LogP contribution < -0.4 is 5.73 Å². The number of hydrogen-bond acceptors (Lipinski definition) is 6. The van der Waals surface area contributed by atoms with Crippen molar-refractivity contribution in [2.45, 2.75) is 5.92 Å². The van der Waals surface area contributed by atoms with Gasteiger partial charge in [-0.1, -0.05) is 12.1 Å². The Bertz CT molecular complexity index is 705. The second kappa shape index (κ2) is 4.37. The molecule has 6 heteroatoms. The van der Waals surface area contributed by atoms with Gasteiger partial charge in [0.1, 0.15) is 10.9 Å². The molecule has 0 radical (unpaired) electrons. The zero-order valence-electron chi connectivity index (χ0n) is 9.20. The van der Waals surface area contributed by atoms with Crippen molar-refractivity contribution in [3.05, 3.63) is 40.3 Å². The van der Waals surface area contributed by atoms with Gasteiger partial charge in [0.05, 0.1) is 22.0 Å².